The van der Waals surface area contributed by atoms with Crippen LogP contribution in [0, 0.1) is 5.92 Å². The molecule has 1 atom stereocenters. The van der Waals surface area contributed by atoms with Gasteiger partial charge in [-0.05, 0) is 58.3 Å². The number of likely N-dealkylation sites (tertiary alicyclic amines) is 2. The number of esters is 1. The maximum absolute atomic E-state index is 11.9. The highest BCUT2D eigenvalue weighted by Crippen LogP contribution is 2.30. The summed E-state index contributed by atoms with van der Waals surface area (Å²) in [6.45, 7) is 7.03. The molecule has 0 spiro atoms. The van der Waals surface area contributed by atoms with Crippen LogP contribution in [0.1, 0.15) is 64.7 Å². The fraction of sp³-hybridized carbons (Fsp3) is 0.947. The van der Waals surface area contributed by atoms with Gasteiger partial charge in [0.05, 0.1) is 18.6 Å². The molecule has 0 amide bonds. The molecule has 3 fully saturated rings. The quantitative estimate of drug-likeness (QED) is 0.697. The zero-order valence-electron chi connectivity index (χ0n) is 15.3. The largest absolute Gasteiger partial charge is 0.466 e. The van der Waals surface area contributed by atoms with Crippen molar-refractivity contribution in [2.24, 2.45) is 5.92 Å². The number of rotatable bonds is 6. The van der Waals surface area contributed by atoms with Gasteiger partial charge in [-0.15, -0.1) is 0 Å². The second kappa shape index (κ2) is 9.16. The van der Waals surface area contributed by atoms with Crippen LogP contribution in [0.2, 0.25) is 0 Å². The van der Waals surface area contributed by atoms with Gasteiger partial charge in [-0.2, -0.15) is 0 Å². The molecule has 0 aromatic heterocycles. The molecule has 0 aromatic rings. The minimum absolute atomic E-state index is 0.0110. The van der Waals surface area contributed by atoms with E-state index >= 15 is 0 Å². The lowest BCUT2D eigenvalue weighted by Crippen LogP contribution is -2.52. The highest BCUT2D eigenvalue weighted by molar-refractivity contribution is 5.72. The highest BCUT2D eigenvalue weighted by Gasteiger charge is 2.34. The van der Waals surface area contributed by atoms with Crippen molar-refractivity contribution in [3.63, 3.8) is 0 Å². The molecule has 5 heteroatoms. The van der Waals surface area contributed by atoms with Crippen molar-refractivity contribution >= 4 is 5.97 Å². The normalized spacial score (nSPS) is 31.0. The Kier molecular flexibility index (Phi) is 6.93. The molecule has 1 saturated carbocycles. The zero-order chi connectivity index (χ0) is 16.8. The Morgan fingerprint density at radius 2 is 1.46 bits per heavy atom. The molecular weight excluding hydrogens is 304 g/mol. The monoisotopic (exact) mass is 338 g/mol. The van der Waals surface area contributed by atoms with Crippen LogP contribution in [-0.4, -0.2) is 61.0 Å². The van der Waals surface area contributed by atoms with Gasteiger partial charge in [0.1, 0.15) is 0 Å². The number of nitrogens with zero attached hydrogens (tertiary/aromatic N) is 2. The van der Waals surface area contributed by atoms with Crippen molar-refractivity contribution in [3.8, 4) is 0 Å². The van der Waals surface area contributed by atoms with Gasteiger partial charge in [0.25, 0.3) is 0 Å². The number of ether oxygens (including phenoxy) is 2. The van der Waals surface area contributed by atoms with Gasteiger partial charge in [0.15, 0.2) is 6.35 Å². The third-order valence-corrected chi connectivity index (χ3v) is 5.76. The fourth-order valence-electron chi connectivity index (χ4n) is 4.37. The van der Waals surface area contributed by atoms with Crippen molar-refractivity contribution in [1.29, 1.82) is 0 Å². The Hall–Kier alpha value is -0.650. The highest BCUT2D eigenvalue weighted by atomic mass is 16.5. The lowest BCUT2D eigenvalue weighted by atomic mass is 9.87. The first-order valence-electron chi connectivity index (χ1n) is 10.1. The van der Waals surface area contributed by atoms with Crippen LogP contribution in [0.15, 0.2) is 0 Å². The van der Waals surface area contributed by atoms with E-state index in [-0.39, 0.29) is 18.2 Å². The Bertz CT molecular complexity index is 384. The summed E-state index contributed by atoms with van der Waals surface area (Å²) in [6, 6.07) is 0. The van der Waals surface area contributed by atoms with Gasteiger partial charge in [0, 0.05) is 26.2 Å². The summed E-state index contributed by atoms with van der Waals surface area (Å²) in [4.78, 5) is 17.0. The number of carbonyl (C=O) groups excluding carboxylic acids is 1. The van der Waals surface area contributed by atoms with E-state index in [0.717, 1.165) is 25.7 Å². The summed E-state index contributed by atoms with van der Waals surface area (Å²) in [5.74, 6) is 0.0769. The lowest BCUT2D eigenvalue weighted by Gasteiger charge is -2.42. The molecule has 0 N–H and O–H groups in total. The van der Waals surface area contributed by atoms with E-state index < -0.39 is 0 Å². The smallest absolute Gasteiger partial charge is 0.308 e. The summed E-state index contributed by atoms with van der Waals surface area (Å²) >= 11 is 0. The first-order chi connectivity index (χ1) is 11.8. The number of carbonyl (C=O) groups is 1. The predicted octanol–water partition coefficient (Wildman–Crippen LogP) is 2.99. The topological polar surface area (TPSA) is 42.0 Å². The van der Waals surface area contributed by atoms with Crippen LogP contribution in [0.5, 0.6) is 0 Å². The summed E-state index contributed by atoms with van der Waals surface area (Å²) in [5.41, 5.74) is 0. The molecule has 1 aliphatic carbocycles. The standard InChI is InChI=1S/C19H34N2O3/c1-2-23-18(22)16-8-10-17(11-9-16)24-19(21-14-6-7-15-21)20-12-4-3-5-13-20/h16-17,19H,2-15H2,1H3. The Labute approximate surface area is 146 Å². The fourth-order valence-corrected chi connectivity index (χ4v) is 4.37. The Morgan fingerprint density at radius 1 is 0.917 bits per heavy atom. The van der Waals surface area contributed by atoms with Gasteiger partial charge in [-0.1, -0.05) is 6.42 Å². The molecule has 3 aliphatic rings. The van der Waals surface area contributed by atoms with E-state index in [1.807, 2.05) is 6.92 Å². The van der Waals surface area contributed by atoms with Crippen LogP contribution in [0.25, 0.3) is 0 Å². The summed E-state index contributed by atoms with van der Waals surface area (Å²) in [6.07, 6.45) is 10.8. The molecule has 0 bridgehead atoms. The second-order valence-corrected chi connectivity index (χ2v) is 7.53. The minimum atomic E-state index is -0.0110. The Balaban J connectivity index is 1.52. The van der Waals surface area contributed by atoms with Crippen LogP contribution >= 0.6 is 0 Å². The number of hydrogen-bond donors (Lipinski definition) is 0. The predicted molar refractivity (Wildman–Crippen MR) is 93.5 cm³/mol. The van der Waals surface area contributed by atoms with Crippen LogP contribution in [-0.2, 0) is 14.3 Å². The van der Waals surface area contributed by atoms with Crippen molar-refractivity contribution < 1.29 is 14.3 Å². The number of piperidine rings is 1. The van der Waals surface area contributed by atoms with E-state index in [9.17, 15) is 4.79 Å². The minimum Gasteiger partial charge on any atom is -0.466 e. The average molecular weight is 338 g/mol. The van der Waals surface area contributed by atoms with Crippen molar-refractivity contribution in [3.05, 3.63) is 0 Å². The third-order valence-electron chi connectivity index (χ3n) is 5.76. The van der Waals surface area contributed by atoms with Crippen molar-refractivity contribution in [1.82, 2.24) is 9.80 Å². The zero-order valence-corrected chi connectivity index (χ0v) is 15.3. The number of hydrogen-bond acceptors (Lipinski definition) is 5. The van der Waals surface area contributed by atoms with Crippen LogP contribution in [0.4, 0.5) is 0 Å². The Morgan fingerprint density at radius 3 is 2.00 bits per heavy atom. The summed E-state index contributed by atoms with van der Waals surface area (Å²) < 4.78 is 11.8. The summed E-state index contributed by atoms with van der Waals surface area (Å²) in [5, 5.41) is 0. The molecule has 5 nitrogen and oxygen atoms in total. The van der Waals surface area contributed by atoms with E-state index in [1.54, 1.807) is 0 Å². The van der Waals surface area contributed by atoms with Gasteiger partial charge < -0.3 is 9.47 Å². The molecule has 3 rings (SSSR count). The lowest BCUT2D eigenvalue weighted by molar-refractivity contribution is -0.188. The SMILES string of the molecule is CCOC(=O)C1CCC(OC(N2CCCCC2)N2CCCC2)CC1. The first kappa shape index (κ1) is 18.2. The van der Waals surface area contributed by atoms with Crippen molar-refractivity contribution in [2.45, 2.75) is 77.2 Å². The molecule has 0 aromatic carbocycles. The van der Waals surface area contributed by atoms with E-state index in [2.05, 4.69) is 9.80 Å². The third kappa shape index (κ3) is 4.70. The van der Waals surface area contributed by atoms with E-state index in [0.29, 0.717) is 12.7 Å². The van der Waals surface area contributed by atoms with E-state index in [1.165, 1.54) is 58.3 Å². The van der Waals surface area contributed by atoms with Gasteiger partial charge >= 0.3 is 5.97 Å². The molecule has 138 valence electrons. The first-order valence-corrected chi connectivity index (χ1v) is 10.1. The molecular formula is C19H34N2O3. The second-order valence-electron chi connectivity index (χ2n) is 7.53. The molecule has 0 radical (unpaired) electrons. The molecule has 2 aliphatic heterocycles. The summed E-state index contributed by atoms with van der Waals surface area (Å²) in [7, 11) is 0. The van der Waals surface area contributed by atoms with Gasteiger partial charge in [-0.3, -0.25) is 14.6 Å². The molecule has 24 heavy (non-hydrogen) atoms. The van der Waals surface area contributed by atoms with E-state index in [4.69, 9.17) is 9.47 Å². The maximum Gasteiger partial charge on any atom is 0.308 e. The van der Waals surface area contributed by atoms with Crippen LogP contribution < -0.4 is 0 Å². The van der Waals surface area contributed by atoms with Crippen LogP contribution in [0.3, 0.4) is 0 Å². The molecule has 2 saturated heterocycles. The maximum atomic E-state index is 11.9. The molecule has 2 heterocycles. The average Bonchev–Trinajstić information content (AvgIpc) is 3.15. The van der Waals surface area contributed by atoms with Gasteiger partial charge in [-0.25, -0.2) is 0 Å². The van der Waals surface area contributed by atoms with Gasteiger partial charge in [0.2, 0.25) is 0 Å². The van der Waals surface area contributed by atoms with Crippen molar-refractivity contribution in [2.75, 3.05) is 32.8 Å². The molecule has 1 unspecified atom stereocenters.